The molecule has 0 unspecified atom stereocenters. The molecule has 5 aromatic rings. The Hall–Kier alpha value is -5.29. The van der Waals surface area contributed by atoms with Gasteiger partial charge in [-0.1, -0.05) is 12.1 Å². The van der Waals surface area contributed by atoms with Crippen molar-refractivity contribution >= 4 is 39.9 Å². The van der Waals surface area contributed by atoms with Gasteiger partial charge in [-0.2, -0.15) is 0 Å². The number of ketones is 1. The van der Waals surface area contributed by atoms with Gasteiger partial charge in [0.05, 0.1) is 18.7 Å². The lowest BCUT2D eigenvalue weighted by Crippen LogP contribution is -2.37. The predicted octanol–water partition coefficient (Wildman–Crippen LogP) is 5.81. The number of nitrogens with one attached hydrogen (secondary N) is 2. The highest BCUT2D eigenvalue weighted by atomic mass is 19.1. The van der Waals surface area contributed by atoms with Crippen molar-refractivity contribution in [1.29, 1.82) is 0 Å². The topological polar surface area (TPSA) is 122 Å². The Labute approximate surface area is 253 Å². The van der Waals surface area contributed by atoms with Crippen molar-refractivity contribution in [3.63, 3.8) is 0 Å². The van der Waals surface area contributed by atoms with E-state index >= 15 is 0 Å². The monoisotopic (exact) mass is 591 g/mol. The van der Waals surface area contributed by atoms with Crippen LogP contribution >= 0.6 is 0 Å². The van der Waals surface area contributed by atoms with Crippen LogP contribution in [0.2, 0.25) is 0 Å². The van der Waals surface area contributed by atoms with E-state index in [0.717, 1.165) is 46.5 Å². The van der Waals surface area contributed by atoms with Gasteiger partial charge in [-0.15, -0.1) is 0 Å². The fourth-order valence-corrected chi connectivity index (χ4v) is 5.01. The third-order valence-corrected chi connectivity index (χ3v) is 7.25. The lowest BCUT2D eigenvalue weighted by molar-refractivity contribution is -0.116. The zero-order chi connectivity index (χ0) is 30.6. The third-order valence-electron chi connectivity index (χ3n) is 7.25. The fourth-order valence-electron chi connectivity index (χ4n) is 5.01. The molecule has 222 valence electrons. The minimum Gasteiger partial charge on any atom is -0.378 e. The highest BCUT2D eigenvalue weighted by Crippen LogP contribution is 2.31. The molecule has 2 amide bonds. The Morgan fingerprint density at radius 1 is 0.864 bits per heavy atom. The summed E-state index contributed by atoms with van der Waals surface area (Å²) in [5.74, 6) is 1.40. The highest BCUT2D eigenvalue weighted by molar-refractivity contribution is 6.00. The van der Waals surface area contributed by atoms with E-state index in [4.69, 9.17) is 14.7 Å². The Bertz CT molecular complexity index is 1840. The van der Waals surface area contributed by atoms with E-state index in [0.29, 0.717) is 30.5 Å². The normalized spacial score (nSPS) is 13.1. The molecule has 2 N–H and O–H groups in total. The van der Waals surface area contributed by atoms with Gasteiger partial charge in [0.25, 0.3) is 0 Å². The number of hydrogen-bond donors (Lipinski definition) is 2. The number of amides is 2. The second-order valence-corrected chi connectivity index (χ2v) is 10.6. The number of carbonyl (C=O) groups is 2. The molecular weight excluding hydrogens is 561 g/mol. The molecule has 3 aromatic carbocycles. The molecule has 6 rings (SSSR count). The molecule has 1 aliphatic heterocycles. The number of halogens is 1. The smallest absolute Gasteiger partial charge is 0.323 e. The number of rotatable bonds is 7. The molecule has 10 nitrogen and oxygen atoms in total. The maximum atomic E-state index is 14.3. The van der Waals surface area contributed by atoms with E-state index in [1.807, 2.05) is 37.3 Å². The first-order valence-corrected chi connectivity index (χ1v) is 14.2. The molecular formula is C33H30FN7O3. The summed E-state index contributed by atoms with van der Waals surface area (Å²) in [7, 11) is 0. The van der Waals surface area contributed by atoms with E-state index in [1.165, 1.54) is 19.1 Å². The first-order chi connectivity index (χ1) is 21.3. The summed E-state index contributed by atoms with van der Waals surface area (Å²) in [6.45, 7) is 5.94. The van der Waals surface area contributed by atoms with Crippen LogP contribution in [0.25, 0.3) is 33.4 Å². The quantitative estimate of drug-likeness (QED) is 0.243. The molecule has 0 saturated carbocycles. The molecule has 0 spiro atoms. The van der Waals surface area contributed by atoms with E-state index in [9.17, 15) is 14.0 Å². The average Bonchev–Trinajstić information content (AvgIpc) is 3.02. The number of ether oxygens (including phenoxy) is 1. The number of aromatic nitrogens is 4. The second-order valence-electron chi connectivity index (χ2n) is 10.6. The minimum absolute atomic E-state index is 0.00237. The summed E-state index contributed by atoms with van der Waals surface area (Å²) in [6, 6.07) is 17.0. The molecule has 3 heterocycles. The van der Waals surface area contributed by atoms with Gasteiger partial charge >= 0.3 is 6.03 Å². The number of morpholine rings is 1. The van der Waals surface area contributed by atoms with Crippen molar-refractivity contribution in [1.82, 2.24) is 19.9 Å². The molecule has 1 aliphatic rings. The van der Waals surface area contributed by atoms with Crippen LogP contribution in [0.15, 0.2) is 73.1 Å². The lowest BCUT2D eigenvalue weighted by atomic mass is 10.1. The number of nitrogens with zero attached hydrogens (tertiary/aromatic N) is 5. The molecule has 11 heteroatoms. The van der Waals surface area contributed by atoms with Crippen molar-refractivity contribution in [3.8, 4) is 22.5 Å². The van der Waals surface area contributed by atoms with Crippen LogP contribution in [0.1, 0.15) is 18.3 Å². The number of Topliss-reactive ketones (excluding diaryl/α,β-unsaturated/α-hetero) is 1. The third kappa shape index (κ3) is 6.52. The number of carbonyl (C=O) groups excluding carboxylic acids is 2. The second kappa shape index (κ2) is 12.5. The Morgan fingerprint density at radius 2 is 1.55 bits per heavy atom. The summed E-state index contributed by atoms with van der Waals surface area (Å²) in [5.41, 5.74) is 4.52. The summed E-state index contributed by atoms with van der Waals surface area (Å²) in [4.78, 5) is 44.7. The molecule has 0 bridgehead atoms. The van der Waals surface area contributed by atoms with Gasteiger partial charge in [0.2, 0.25) is 0 Å². The van der Waals surface area contributed by atoms with Crippen molar-refractivity contribution in [2.45, 2.75) is 20.3 Å². The number of urea groups is 1. The van der Waals surface area contributed by atoms with Crippen LogP contribution in [-0.4, -0.2) is 58.1 Å². The number of aryl methyl sites for hydroxylation is 1. The van der Waals surface area contributed by atoms with E-state index < -0.39 is 11.8 Å². The van der Waals surface area contributed by atoms with E-state index in [2.05, 4.69) is 25.5 Å². The zero-order valence-corrected chi connectivity index (χ0v) is 24.3. The SMILES string of the molecule is CC(=O)Cc1ccc(NC(=O)Nc2ccc(-c3nc(N4CCOCC4)c4ccc(-c5cnc(C)nc5)cc4n3)cc2)cc1F. The summed E-state index contributed by atoms with van der Waals surface area (Å²) < 4.78 is 19.9. The fraction of sp³-hybridized carbons (Fsp3) is 0.212. The number of anilines is 3. The minimum atomic E-state index is -0.548. The van der Waals surface area contributed by atoms with Gasteiger partial charge in [0.15, 0.2) is 5.82 Å². The maximum absolute atomic E-state index is 14.3. The van der Waals surface area contributed by atoms with Gasteiger partial charge in [-0.05, 0) is 73.5 Å². The Kier molecular flexibility index (Phi) is 8.20. The van der Waals surface area contributed by atoms with Crippen LogP contribution in [0, 0.1) is 12.7 Å². The molecule has 44 heavy (non-hydrogen) atoms. The Morgan fingerprint density at radius 3 is 2.25 bits per heavy atom. The summed E-state index contributed by atoms with van der Waals surface area (Å²) >= 11 is 0. The first kappa shape index (κ1) is 28.8. The summed E-state index contributed by atoms with van der Waals surface area (Å²) in [6.07, 6.45) is 3.61. The Balaban J connectivity index is 1.25. The molecule has 1 saturated heterocycles. The van der Waals surface area contributed by atoms with Crippen LogP contribution in [0.5, 0.6) is 0 Å². The lowest BCUT2D eigenvalue weighted by Gasteiger charge is -2.29. The van der Waals surface area contributed by atoms with Crippen LogP contribution < -0.4 is 15.5 Å². The van der Waals surface area contributed by atoms with Gasteiger partial charge in [0.1, 0.15) is 23.2 Å². The van der Waals surface area contributed by atoms with Gasteiger partial charge in [0, 0.05) is 59.8 Å². The van der Waals surface area contributed by atoms with Crippen LogP contribution in [0.4, 0.5) is 26.4 Å². The van der Waals surface area contributed by atoms with Crippen molar-refractivity contribution < 1.29 is 18.7 Å². The molecule has 0 aliphatic carbocycles. The molecule has 0 radical (unpaired) electrons. The standard InChI is InChI=1S/C33H30FN7O3/c1-20(42)15-24-5-9-27(17-29(24)34)38-33(43)37-26-7-3-22(4-8-26)31-39-30-16-23(25-18-35-21(2)36-19-25)6-10-28(30)32(40-31)41-11-13-44-14-12-41/h3-10,16-19H,11-15H2,1-2H3,(H2,37,38,43). The van der Waals surface area contributed by atoms with Crippen LogP contribution in [0.3, 0.4) is 0 Å². The summed E-state index contributed by atoms with van der Waals surface area (Å²) in [5, 5.41) is 6.31. The maximum Gasteiger partial charge on any atom is 0.323 e. The van der Waals surface area contributed by atoms with Crippen molar-refractivity contribution in [3.05, 3.63) is 90.3 Å². The highest BCUT2D eigenvalue weighted by Gasteiger charge is 2.19. The van der Waals surface area contributed by atoms with E-state index in [1.54, 1.807) is 30.6 Å². The van der Waals surface area contributed by atoms with Gasteiger partial charge < -0.3 is 20.3 Å². The van der Waals surface area contributed by atoms with Crippen LogP contribution in [-0.2, 0) is 16.0 Å². The largest absolute Gasteiger partial charge is 0.378 e. The predicted molar refractivity (Wildman–Crippen MR) is 167 cm³/mol. The number of fused-ring (bicyclic) bond motifs is 1. The molecule has 1 fully saturated rings. The zero-order valence-electron chi connectivity index (χ0n) is 24.3. The van der Waals surface area contributed by atoms with Gasteiger partial charge in [-0.3, -0.25) is 4.79 Å². The average molecular weight is 592 g/mol. The number of benzene rings is 3. The molecule has 0 atom stereocenters. The van der Waals surface area contributed by atoms with Gasteiger partial charge in [-0.25, -0.2) is 29.1 Å². The van der Waals surface area contributed by atoms with E-state index in [-0.39, 0.29) is 23.5 Å². The van der Waals surface area contributed by atoms with Crippen molar-refractivity contribution in [2.24, 2.45) is 0 Å². The first-order valence-electron chi connectivity index (χ1n) is 14.2. The van der Waals surface area contributed by atoms with Crippen molar-refractivity contribution in [2.75, 3.05) is 41.8 Å². The number of hydrogen-bond acceptors (Lipinski definition) is 8. The molecule has 2 aromatic heterocycles.